The lowest BCUT2D eigenvalue weighted by molar-refractivity contribution is -0.140. The lowest BCUT2D eigenvalue weighted by Crippen LogP contribution is -2.28. The molecule has 4 atom stereocenters. The van der Waals surface area contributed by atoms with Crippen LogP contribution in [0.1, 0.15) is 24.6 Å². The normalized spacial score (nSPS) is 29.7. The van der Waals surface area contributed by atoms with Gasteiger partial charge < -0.3 is 4.57 Å². The number of aromatic nitrogens is 1. The fourth-order valence-electron chi connectivity index (χ4n) is 5.14. The third-order valence-corrected chi connectivity index (χ3v) is 6.35. The molecule has 0 spiro atoms. The van der Waals surface area contributed by atoms with E-state index in [1.54, 1.807) is 6.21 Å². The van der Waals surface area contributed by atoms with Crippen molar-refractivity contribution in [3.8, 4) is 0 Å². The Morgan fingerprint density at radius 2 is 1.77 bits per heavy atom. The van der Waals surface area contributed by atoms with E-state index < -0.39 is 0 Å². The number of hydrogen-bond acceptors (Lipinski definition) is 3. The van der Waals surface area contributed by atoms with Crippen molar-refractivity contribution < 1.29 is 9.59 Å². The van der Waals surface area contributed by atoms with Gasteiger partial charge in [-0.3, -0.25) is 9.59 Å². The number of hydrogen-bond donors (Lipinski definition) is 0. The standard InChI is InChI=1S/C21H21N3O2/c1-3-23-12(2)16(15-6-4-5-7-17(15)23)11-22-24-20(25)18-13-8-9-14(10-13)19(18)21(24)26/h4-9,11,13-14,18-19H,3,10H2,1-2H3/t13-,14-,18-,19+/m0/s1. The van der Waals surface area contributed by atoms with Gasteiger partial charge in [0.1, 0.15) is 0 Å². The number of para-hydroxylation sites is 1. The highest BCUT2D eigenvalue weighted by Crippen LogP contribution is 2.52. The van der Waals surface area contributed by atoms with E-state index in [1.165, 1.54) is 0 Å². The summed E-state index contributed by atoms with van der Waals surface area (Å²) >= 11 is 0. The third-order valence-electron chi connectivity index (χ3n) is 6.35. The number of allylic oxidation sites excluding steroid dienone is 2. The van der Waals surface area contributed by atoms with Crippen LogP contribution in [0.4, 0.5) is 0 Å². The summed E-state index contributed by atoms with van der Waals surface area (Å²) in [7, 11) is 0. The highest BCUT2D eigenvalue weighted by Gasteiger charge is 2.59. The van der Waals surface area contributed by atoms with Gasteiger partial charge in [0.25, 0.3) is 11.8 Å². The van der Waals surface area contributed by atoms with Gasteiger partial charge in [-0.15, -0.1) is 0 Å². The van der Waals surface area contributed by atoms with Crippen molar-refractivity contribution in [3.05, 3.63) is 47.7 Å². The van der Waals surface area contributed by atoms with E-state index in [1.807, 2.05) is 12.1 Å². The van der Waals surface area contributed by atoms with Crippen molar-refractivity contribution in [2.75, 3.05) is 0 Å². The van der Waals surface area contributed by atoms with E-state index in [-0.39, 0.29) is 35.5 Å². The van der Waals surface area contributed by atoms with Crippen molar-refractivity contribution in [2.45, 2.75) is 26.8 Å². The molecule has 1 aliphatic heterocycles. The molecule has 1 saturated carbocycles. The van der Waals surface area contributed by atoms with E-state index in [9.17, 15) is 9.59 Å². The van der Waals surface area contributed by atoms with Crippen molar-refractivity contribution >= 4 is 28.9 Å². The smallest absolute Gasteiger partial charge is 0.254 e. The Morgan fingerprint density at radius 3 is 2.42 bits per heavy atom. The molecule has 5 nitrogen and oxygen atoms in total. The number of benzene rings is 1. The molecule has 132 valence electrons. The van der Waals surface area contributed by atoms with Crippen molar-refractivity contribution in [3.63, 3.8) is 0 Å². The second-order valence-electron chi connectivity index (χ2n) is 7.49. The molecule has 2 amide bonds. The van der Waals surface area contributed by atoms with Crippen LogP contribution < -0.4 is 0 Å². The molecule has 5 heteroatoms. The first-order chi connectivity index (χ1) is 12.6. The first-order valence-electron chi connectivity index (χ1n) is 9.29. The number of fused-ring (bicyclic) bond motifs is 6. The molecule has 1 saturated heterocycles. The highest BCUT2D eigenvalue weighted by molar-refractivity contribution is 6.08. The molecule has 1 aromatic heterocycles. The van der Waals surface area contributed by atoms with Crippen LogP contribution in [0, 0.1) is 30.6 Å². The molecule has 2 bridgehead atoms. The summed E-state index contributed by atoms with van der Waals surface area (Å²) in [5.74, 6) is -0.244. The summed E-state index contributed by atoms with van der Waals surface area (Å²) in [6.45, 7) is 5.02. The van der Waals surface area contributed by atoms with Crippen LogP contribution in [-0.2, 0) is 16.1 Å². The van der Waals surface area contributed by atoms with Gasteiger partial charge in [0.05, 0.1) is 18.1 Å². The van der Waals surface area contributed by atoms with Gasteiger partial charge >= 0.3 is 0 Å². The molecule has 0 unspecified atom stereocenters. The predicted octanol–water partition coefficient (Wildman–Crippen LogP) is 3.11. The highest BCUT2D eigenvalue weighted by atomic mass is 16.2. The maximum atomic E-state index is 12.8. The number of carbonyl (C=O) groups is 2. The summed E-state index contributed by atoms with van der Waals surface area (Å²) in [6, 6.07) is 8.16. The van der Waals surface area contributed by atoms with Gasteiger partial charge in [0.15, 0.2) is 0 Å². The quantitative estimate of drug-likeness (QED) is 0.487. The van der Waals surface area contributed by atoms with Crippen LogP contribution in [-0.4, -0.2) is 27.6 Å². The second-order valence-corrected chi connectivity index (χ2v) is 7.49. The number of hydrazone groups is 1. The lowest BCUT2D eigenvalue weighted by Gasteiger charge is -2.13. The Bertz CT molecular complexity index is 970. The van der Waals surface area contributed by atoms with Gasteiger partial charge in [-0.05, 0) is 38.2 Å². The summed E-state index contributed by atoms with van der Waals surface area (Å²) in [6.07, 6.45) is 6.83. The number of amides is 2. The van der Waals surface area contributed by atoms with Crippen molar-refractivity contribution in [1.29, 1.82) is 0 Å². The lowest BCUT2D eigenvalue weighted by atomic mass is 9.85. The number of nitrogens with zero attached hydrogens (tertiary/aromatic N) is 3. The van der Waals surface area contributed by atoms with Crippen LogP contribution in [0.2, 0.25) is 0 Å². The zero-order valence-corrected chi connectivity index (χ0v) is 14.9. The monoisotopic (exact) mass is 347 g/mol. The molecule has 5 rings (SSSR count). The van der Waals surface area contributed by atoms with Crippen LogP contribution in [0.15, 0.2) is 41.5 Å². The number of imide groups is 1. The minimum absolute atomic E-state index is 0.134. The Balaban J connectivity index is 1.52. The zero-order valence-electron chi connectivity index (χ0n) is 14.9. The molecule has 26 heavy (non-hydrogen) atoms. The number of aryl methyl sites for hydroxylation is 1. The minimum atomic E-state index is -0.201. The molecule has 3 aliphatic rings. The summed E-state index contributed by atoms with van der Waals surface area (Å²) in [5, 5.41) is 6.58. The first kappa shape index (κ1) is 15.6. The predicted molar refractivity (Wildman–Crippen MR) is 99.5 cm³/mol. The fourth-order valence-corrected chi connectivity index (χ4v) is 5.14. The summed E-state index contributed by atoms with van der Waals surface area (Å²) in [4.78, 5) is 25.5. The molecule has 2 aromatic rings. The SMILES string of the molecule is CCn1c(C)c(C=NN2C(=O)[C@@H]3[C@H](C2=O)[C@H]2C=C[C@H]3C2)c2ccccc21. The van der Waals surface area contributed by atoms with E-state index in [2.05, 4.69) is 47.8 Å². The van der Waals surface area contributed by atoms with Crippen LogP contribution in [0.25, 0.3) is 10.9 Å². The molecule has 1 aromatic carbocycles. The maximum absolute atomic E-state index is 12.8. The molecule has 2 aliphatic carbocycles. The summed E-state index contributed by atoms with van der Waals surface area (Å²) in [5.41, 5.74) is 3.21. The molecular formula is C21H21N3O2. The summed E-state index contributed by atoms with van der Waals surface area (Å²) < 4.78 is 2.23. The van der Waals surface area contributed by atoms with Crippen LogP contribution >= 0.6 is 0 Å². The zero-order chi connectivity index (χ0) is 18.0. The Morgan fingerprint density at radius 1 is 1.12 bits per heavy atom. The topological polar surface area (TPSA) is 54.7 Å². The number of carbonyl (C=O) groups excluding carboxylic acids is 2. The first-order valence-corrected chi connectivity index (χ1v) is 9.29. The van der Waals surface area contributed by atoms with E-state index in [4.69, 9.17) is 0 Å². The average molecular weight is 347 g/mol. The van der Waals surface area contributed by atoms with Crippen molar-refractivity contribution in [1.82, 2.24) is 9.58 Å². The minimum Gasteiger partial charge on any atom is -0.344 e. The largest absolute Gasteiger partial charge is 0.344 e. The Hall–Kier alpha value is -2.69. The van der Waals surface area contributed by atoms with Gasteiger partial charge in [-0.1, -0.05) is 30.4 Å². The van der Waals surface area contributed by atoms with Gasteiger partial charge in [0, 0.05) is 28.7 Å². The second kappa shape index (κ2) is 5.40. The van der Waals surface area contributed by atoms with Crippen LogP contribution in [0.3, 0.4) is 0 Å². The Kier molecular flexibility index (Phi) is 3.23. The molecule has 2 fully saturated rings. The Labute approximate surface area is 152 Å². The fraction of sp³-hybridized carbons (Fsp3) is 0.381. The maximum Gasteiger partial charge on any atom is 0.254 e. The molecule has 0 N–H and O–H groups in total. The van der Waals surface area contributed by atoms with Gasteiger partial charge in [-0.25, -0.2) is 0 Å². The average Bonchev–Trinajstić information content (AvgIpc) is 3.37. The van der Waals surface area contributed by atoms with Crippen LogP contribution in [0.5, 0.6) is 0 Å². The molecule has 2 heterocycles. The number of rotatable bonds is 3. The van der Waals surface area contributed by atoms with Gasteiger partial charge in [-0.2, -0.15) is 10.1 Å². The molecule has 0 radical (unpaired) electrons. The van der Waals surface area contributed by atoms with E-state index in [0.717, 1.165) is 40.1 Å². The van der Waals surface area contributed by atoms with E-state index >= 15 is 0 Å². The van der Waals surface area contributed by atoms with Crippen molar-refractivity contribution in [2.24, 2.45) is 28.8 Å². The third kappa shape index (κ3) is 1.88. The van der Waals surface area contributed by atoms with E-state index in [0.29, 0.717) is 0 Å². The van der Waals surface area contributed by atoms with Gasteiger partial charge in [0.2, 0.25) is 0 Å². The molecular weight excluding hydrogens is 326 g/mol.